The number of carbonyl (C=O) groups excluding carboxylic acids is 1. The summed E-state index contributed by atoms with van der Waals surface area (Å²) in [5, 5.41) is 2.57. The van der Waals surface area contributed by atoms with E-state index in [4.69, 9.17) is 0 Å². The Balaban J connectivity index is 1.97. The van der Waals surface area contributed by atoms with E-state index in [1.54, 1.807) is 31.3 Å². The van der Waals surface area contributed by atoms with Crippen molar-refractivity contribution >= 4 is 15.9 Å². The standard InChI is InChI=1S/C16H24N2O3S/c1-17-16(19)12-9-13-7-10-15(11-8-13)22(20,21)18-14-5-3-2-4-6-14/h7-8,10-11,14,18H,2-6,9,12H2,1H3,(H,17,19). The summed E-state index contributed by atoms with van der Waals surface area (Å²) >= 11 is 0. The number of benzene rings is 1. The zero-order chi connectivity index (χ0) is 16.0. The molecule has 6 heteroatoms. The van der Waals surface area contributed by atoms with Gasteiger partial charge in [-0.25, -0.2) is 13.1 Å². The molecule has 0 bridgehead atoms. The van der Waals surface area contributed by atoms with E-state index >= 15 is 0 Å². The molecule has 0 aliphatic heterocycles. The predicted octanol–water partition coefficient (Wildman–Crippen LogP) is 1.98. The minimum atomic E-state index is -3.44. The molecule has 1 aromatic rings. The first-order chi connectivity index (χ1) is 10.5. The van der Waals surface area contributed by atoms with Gasteiger partial charge >= 0.3 is 0 Å². The van der Waals surface area contributed by atoms with Gasteiger partial charge in [0.2, 0.25) is 15.9 Å². The molecule has 1 aliphatic rings. The van der Waals surface area contributed by atoms with Gasteiger partial charge < -0.3 is 5.32 Å². The van der Waals surface area contributed by atoms with Crippen molar-refractivity contribution in [3.63, 3.8) is 0 Å². The van der Waals surface area contributed by atoms with Crippen LogP contribution in [0.3, 0.4) is 0 Å². The minimum Gasteiger partial charge on any atom is -0.359 e. The van der Waals surface area contributed by atoms with Crippen molar-refractivity contribution in [2.75, 3.05) is 7.05 Å². The average molecular weight is 324 g/mol. The molecule has 0 aromatic heterocycles. The van der Waals surface area contributed by atoms with Crippen LogP contribution in [-0.2, 0) is 21.2 Å². The molecule has 1 aromatic carbocycles. The predicted molar refractivity (Wildman–Crippen MR) is 86.0 cm³/mol. The smallest absolute Gasteiger partial charge is 0.240 e. The first-order valence-corrected chi connectivity index (χ1v) is 9.31. The summed E-state index contributed by atoms with van der Waals surface area (Å²) in [4.78, 5) is 11.5. The maximum atomic E-state index is 12.3. The maximum absolute atomic E-state index is 12.3. The third kappa shape index (κ3) is 4.81. The summed E-state index contributed by atoms with van der Waals surface area (Å²) in [6, 6.07) is 6.84. The second-order valence-corrected chi connectivity index (χ2v) is 7.49. The lowest BCUT2D eigenvalue weighted by Gasteiger charge is -2.22. The van der Waals surface area contributed by atoms with Gasteiger partial charge in [-0.3, -0.25) is 4.79 Å². The number of amides is 1. The Morgan fingerprint density at radius 2 is 1.77 bits per heavy atom. The highest BCUT2D eigenvalue weighted by Crippen LogP contribution is 2.20. The average Bonchev–Trinajstić information content (AvgIpc) is 2.53. The van der Waals surface area contributed by atoms with Crippen LogP contribution in [0.15, 0.2) is 29.2 Å². The van der Waals surface area contributed by atoms with E-state index in [1.165, 1.54) is 6.42 Å². The van der Waals surface area contributed by atoms with Crippen molar-refractivity contribution in [2.24, 2.45) is 0 Å². The molecule has 2 rings (SSSR count). The molecule has 0 saturated heterocycles. The Morgan fingerprint density at radius 3 is 2.36 bits per heavy atom. The molecule has 1 amide bonds. The Morgan fingerprint density at radius 1 is 1.14 bits per heavy atom. The lowest BCUT2D eigenvalue weighted by molar-refractivity contribution is -0.120. The zero-order valence-corrected chi connectivity index (χ0v) is 13.8. The van der Waals surface area contributed by atoms with Gasteiger partial charge in [0, 0.05) is 19.5 Å². The Hall–Kier alpha value is -1.40. The van der Waals surface area contributed by atoms with Crippen molar-refractivity contribution < 1.29 is 13.2 Å². The fourth-order valence-electron chi connectivity index (χ4n) is 2.73. The lowest BCUT2D eigenvalue weighted by atomic mass is 9.96. The van der Waals surface area contributed by atoms with E-state index < -0.39 is 10.0 Å². The van der Waals surface area contributed by atoms with Crippen molar-refractivity contribution in [3.8, 4) is 0 Å². The Bertz CT molecular complexity index is 590. The van der Waals surface area contributed by atoms with Crippen molar-refractivity contribution in [3.05, 3.63) is 29.8 Å². The first kappa shape index (κ1) is 17.0. The first-order valence-electron chi connectivity index (χ1n) is 7.83. The number of nitrogens with one attached hydrogen (secondary N) is 2. The lowest BCUT2D eigenvalue weighted by Crippen LogP contribution is -2.36. The van der Waals surface area contributed by atoms with E-state index in [2.05, 4.69) is 10.0 Å². The highest BCUT2D eigenvalue weighted by atomic mass is 32.2. The topological polar surface area (TPSA) is 75.3 Å². The van der Waals surface area contributed by atoms with Gasteiger partial charge in [-0.05, 0) is 37.0 Å². The Labute approximate surface area is 132 Å². The second-order valence-electron chi connectivity index (χ2n) is 5.77. The molecule has 0 heterocycles. The van der Waals surface area contributed by atoms with Crippen LogP contribution in [0.2, 0.25) is 0 Å². The summed E-state index contributed by atoms with van der Waals surface area (Å²) in [5.41, 5.74) is 0.959. The molecule has 1 saturated carbocycles. The number of hydrogen-bond acceptors (Lipinski definition) is 3. The van der Waals surface area contributed by atoms with Gasteiger partial charge in [0.1, 0.15) is 0 Å². The van der Waals surface area contributed by atoms with Gasteiger partial charge in [0.05, 0.1) is 4.90 Å². The Kier molecular flexibility index (Phi) is 5.97. The highest BCUT2D eigenvalue weighted by Gasteiger charge is 2.21. The molecule has 0 unspecified atom stereocenters. The van der Waals surface area contributed by atoms with Crippen LogP contribution in [0.25, 0.3) is 0 Å². The number of aryl methyl sites for hydroxylation is 1. The van der Waals surface area contributed by atoms with E-state index in [0.29, 0.717) is 17.7 Å². The molecular formula is C16H24N2O3S. The van der Waals surface area contributed by atoms with Crippen LogP contribution in [0.4, 0.5) is 0 Å². The minimum absolute atomic E-state index is 0.0179. The summed E-state index contributed by atoms with van der Waals surface area (Å²) in [6.07, 6.45) is 6.22. The van der Waals surface area contributed by atoms with Crippen LogP contribution in [0, 0.1) is 0 Å². The molecule has 0 spiro atoms. The fraction of sp³-hybridized carbons (Fsp3) is 0.562. The normalized spacial score (nSPS) is 16.4. The van der Waals surface area contributed by atoms with E-state index in [-0.39, 0.29) is 11.9 Å². The summed E-state index contributed by atoms with van der Waals surface area (Å²) < 4.78 is 27.5. The molecule has 1 aliphatic carbocycles. The van der Waals surface area contributed by atoms with Gasteiger partial charge in [0.25, 0.3) is 0 Å². The monoisotopic (exact) mass is 324 g/mol. The van der Waals surface area contributed by atoms with Gasteiger partial charge in [0.15, 0.2) is 0 Å². The highest BCUT2D eigenvalue weighted by molar-refractivity contribution is 7.89. The zero-order valence-electron chi connectivity index (χ0n) is 13.0. The molecule has 1 fully saturated rings. The van der Waals surface area contributed by atoms with Crippen LogP contribution >= 0.6 is 0 Å². The molecule has 122 valence electrons. The molecule has 5 nitrogen and oxygen atoms in total. The number of hydrogen-bond donors (Lipinski definition) is 2. The number of sulfonamides is 1. The van der Waals surface area contributed by atoms with Crippen LogP contribution in [0.5, 0.6) is 0 Å². The van der Waals surface area contributed by atoms with Crippen LogP contribution in [-0.4, -0.2) is 27.4 Å². The maximum Gasteiger partial charge on any atom is 0.240 e. The quantitative estimate of drug-likeness (QED) is 0.840. The third-order valence-corrected chi connectivity index (χ3v) is 5.62. The van der Waals surface area contributed by atoms with Gasteiger partial charge in [-0.1, -0.05) is 31.4 Å². The summed E-state index contributed by atoms with van der Waals surface area (Å²) in [7, 11) is -1.84. The second kappa shape index (κ2) is 7.74. The van der Waals surface area contributed by atoms with Crippen molar-refractivity contribution in [1.82, 2.24) is 10.0 Å². The summed E-state index contributed by atoms with van der Waals surface area (Å²) in [6.45, 7) is 0. The molecule has 22 heavy (non-hydrogen) atoms. The number of carbonyl (C=O) groups is 1. The van der Waals surface area contributed by atoms with Crippen molar-refractivity contribution in [1.29, 1.82) is 0 Å². The van der Waals surface area contributed by atoms with Crippen LogP contribution in [0.1, 0.15) is 44.1 Å². The van der Waals surface area contributed by atoms with Crippen LogP contribution < -0.4 is 10.0 Å². The third-order valence-electron chi connectivity index (χ3n) is 4.08. The van der Waals surface area contributed by atoms with Gasteiger partial charge in [-0.2, -0.15) is 0 Å². The van der Waals surface area contributed by atoms with E-state index in [9.17, 15) is 13.2 Å². The largest absolute Gasteiger partial charge is 0.359 e. The van der Waals surface area contributed by atoms with E-state index in [1.807, 2.05) is 0 Å². The molecule has 2 N–H and O–H groups in total. The summed E-state index contributed by atoms with van der Waals surface area (Å²) in [5.74, 6) is -0.0179. The van der Waals surface area contributed by atoms with E-state index in [0.717, 1.165) is 31.2 Å². The van der Waals surface area contributed by atoms with Gasteiger partial charge in [-0.15, -0.1) is 0 Å². The SMILES string of the molecule is CNC(=O)CCc1ccc(S(=O)(=O)NC2CCCCC2)cc1. The molecule has 0 atom stereocenters. The van der Waals surface area contributed by atoms with Crippen molar-refractivity contribution in [2.45, 2.75) is 55.9 Å². The number of rotatable bonds is 6. The molecular weight excluding hydrogens is 300 g/mol. The molecule has 0 radical (unpaired) electrons. The fourth-order valence-corrected chi connectivity index (χ4v) is 4.03.